The van der Waals surface area contributed by atoms with Crippen molar-refractivity contribution < 1.29 is 14.6 Å². The number of aliphatic hydroxyl groups excluding tert-OH is 1. The van der Waals surface area contributed by atoms with Crippen LogP contribution < -0.4 is 0 Å². The predicted octanol–water partition coefficient (Wildman–Crippen LogP) is 3.83. The number of rotatable bonds is 8. The Labute approximate surface area is 123 Å². The Bertz CT molecular complexity index is 357. The van der Waals surface area contributed by atoms with Crippen LogP contribution in [0, 0.1) is 5.41 Å². The van der Waals surface area contributed by atoms with Crippen LogP contribution in [-0.4, -0.2) is 31.0 Å². The summed E-state index contributed by atoms with van der Waals surface area (Å²) in [5.41, 5.74) is -0.886. The largest absolute Gasteiger partial charge is 0.498 e. The number of hydrogen-bond donors (Lipinski definition) is 1. The van der Waals surface area contributed by atoms with E-state index in [9.17, 15) is 5.11 Å². The average Bonchev–Trinajstić information content (AvgIpc) is 2.44. The van der Waals surface area contributed by atoms with Gasteiger partial charge in [-0.25, -0.2) is 0 Å². The third-order valence-corrected chi connectivity index (χ3v) is 4.57. The van der Waals surface area contributed by atoms with Gasteiger partial charge in [0.15, 0.2) is 0 Å². The SMILES string of the molecule is CCCCCCC(C)(C)C1(OC)C=CC=C(OC)C1O. The van der Waals surface area contributed by atoms with Crippen molar-refractivity contribution in [1.82, 2.24) is 0 Å². The molecule has 2 unspecified atom stereocenters. The lowest BCUT2D eigenvalue weighted by Crippen LogP contribution is -2.55. The highest BCUT2D eigenvalue weighted by Crippen LogP contribution is 2.45. The molecule has 0 aromatic rings. The maximum atomic E-state index is 10.6. The molecule has 0 amide bonds. The van der Waals surface area contributed by atoms with Gasteiger partial charge in [-0.3, -0.25) is 0 Å². The summed E-state index contributed by atoms with van der Waals surface area (Å²) in [6, 6.07) is 0. The first-order valence-corrected chi connectivity index (χ1v) is 7.61. The van der Waals surface area contributed by atoms with Gasteiger partial charge in [-0.2, -0.15) is 0 Å². The van der Waals surface area contributed by atoms with Crippen molar-refractivity contribution in [2.24, 2.45) is 5.41 Å². The van der Waals surface area contributed by atoms with Gasteiger partial charge < -0.3 is 14.6 Å². The van der Waals surface area contributed by atoms with Gasteiger partial charge in [-0.15, -0.1) is 0 Å². The molecule has 0 saturated carbocycles. The Balaban J connectivity index is 2.87. The van der Waals surface area contributed by atoms with E-state index in [1.165, 1.54) is 19.3 Å². The number of aliphatic hydroxyl groups is 1. The molecule has 20 heavy (non-hydrogen) atoms. The van der Waals surface area contributed by atoms with Crippen LogP contribution in [0.25, 0.3) is 0 Å². The fraction of sp³-hybridized carbons (Fsp3) is 0.765. The zero-order valence-electron chi connectivity index (χ0n) is 13.6. The van der Waals surface area contributed by atoms with Gasteiger partial charge >= 0.3 is 0 Å². The van der Waals surface area contributed by atoms with E-state index in [-0.39, 0.29) is 5.41 Å². The summed E-state index contributed by atoms with van der Waals surface area (Å²) < 4.78 is 11.1. The van der Waals surface area contributed by atoms with Crippen LogP contribution in [0.3, 0.4) is 0 Å². The minimum absolute atomic E-state index is 0.163. The molecule has 116 valence electrons. The highest BCUT2D eigenvalue weighted by molar-refractivity contribution is 5.30. The van der Waals surface area contributed by atoms with Crippen molar-refractivity contribution >= 4 is 0 Å². The van der Waals surface area contributed by atoms with E-state index >= 15 is 0 Å². The average molecular weight is 282 g/mol. The van der Waals surface area contributed by atoms with Crippen LogP contribution in [-0.2, 0) is 9.47 Å². The standard InChI is InChI=1S/C17H30O3/c1-6-7-8-9-12-16(2,3)17(20-5)13-10-11-14(19-4)15(17)18/h10-11,13,15,18H,6-9,12H2,1-5H3. The molecule has 0 aromatic carbocycles. The second kappa shape index (κ2) is 7.28. The molecule has 1 rings (SSSR count). The first-order chi connectivity index (χ1) is 9.45. The third kappa shape index (κ3) is 3.26. The Morgan fingerprint density at radius 1 is 1.25 bits per heavy atom. The molecule has 2 atom stereocenters. The van der Waals surface area contributed by atoms with Gasteiger partial charge in [0.25, 0.3) is 0 Å². The molecule has 0 fully saturated rings. The van der Waals surface area contributed by atoms with Gasteiger partial charge in [-0.1, -0.05) is 52.5 Å². The minimum atomic E-state index is -0.760. The highest BCUT2D eigenvalue weighted by Gasteiger charge is 2.51. The maximum absolute atomic E-state index is 10.6. The molecule has 3 nitrogen and oxygen atoms in total. The maximum Gasteiger partial charge on any atom is 0.144 e. The molecule has 1 aliphatic carbocycles. The molecule has 0 bridgehead atoms. The van der Waals surface area contributed by atoms with Crippen LogP contribution in [0.1, 0.15) is 52.9 Å². The molecule has 0 aliphatic heterocycles. The number of methoxy groups -OCH3 is 2. The van der Waals surface area contributed by atoms with Crippen LogP contribution in [0.2, 0.25) is 0 Å². The molecular formula is C17H30O3. The lowest BCUT2D eigenvalue weighted by molar-refractivity contribution is -0.140. The monoisotopic (exact) mass is 282 g/mol. The van der Waals surface area contributed by atoms with Crippen molar-refractivity contribution in [3.05, 3.63) is 24.0 Å². The van der Waals surface area contributed by atoms with E-state index in [1.807, 2.05) is 12.2 Å². The molecule has 0 saturated heterocycles. The van der Waals surface area contributed by atoms with E-state index in [0.717, 1.165) is 12.8 Å². The lowest BCUT2D eigenvalue weighted by Gasteiger charge is -2.48. The summed E-state index contributed by atoms with van der Waals surface area (Å²) in [5.74, 6) is 0.566. The van der Waals surface area contributed by atoms with Crippen LogP contribution >= 0.6 is 0 Å². The number of ether oxygens (including phenoxy) is 2. The van der Waals surface area contributed by atoms with E-state index in [2.05, 4.69) is 20.8 Å². The van der Waals surface area contributed by atoms with Crippen molar-refractivity contribution in [1.29, 1.82) is 0 Å². The molecule has 0 radical (unpaired) electrons. The second-order valence-electron chi connectivity index (χ2n) is 6.23. The number of unbranched alkanes of at least 4 members (excludes halogenated alkanes) is 3. The molecule has 0 aromatic heterocycles. The Hall–Kier alpha value is -0.800. The number of allylic oxidation sites excluding steroid dienone is 2. The summed E-state index contributed by atoms with van der Waals surface area (Å²) in [6.45, 7) is 6.54. The second-order valence-corrected chi connectivity index (χ2v) is 6.23. The minimum Gasteiger partial charge on any atom is -0.498 e. The fourth-order valence-electron chi connectivity index (χ4n) is 3.10. The third-order valence-electron chi connectivity index (χ3n) is 4.57. The zero-order chi connectivity index (χ0) is 15.2. The van der Waals surface area contributed by atoms with E-state index in [1.54, 1.807) is 20.3 Å². The predicted molar refractivity (Wildman–Crippen MR) is 82.5 cm³/mol. The highest BCUT2D eigenvalue weighted by atomic mass is 16.5. The number of hydrogen-bond acceptors (Lipinski definition) is 3. The first-order valence-electron chi connectivity index (χ1n) is 7.61. The van der Waals surface area contributed by atoms with Gasteiger partial charge in [0, 0.05) is 12.5 Å². The van der Waals surface area contributed by atoms with Crippen molar-refractivity contribution in [3.63, 3.8) is 0 Å². The Morgan fingerprint density at radius 2 is 1.95 bits per heavy atom. The summed E-state index contributed by atoms with van der Waals surface area (Å²) in [4.78, 5) is 0. The van der Waals surface area contributed by atoms with Crippen molar-refractivity contribution in [3.8, 4) is 0 Å². The summed E-state index contributed by atoms with van der Waals surface area (Å²) >= 11 is 0. The Morgan fingerprint density at radius 3 is 2.50 bits per heavy atom. The fourth-order valence-corrected chi connectivity index (χ4v) is 3.10. The smallest absolute Gasteiger partial charge is 0.144 e. The van der Waals surface area contributed by atoms with Gasteiger partial charge in [0.1, 0.15) is 17.5 Å². The quantitative estimate of drug-likeness (QED) is 0.688. The Kier molecular flexibility index (Phi) is 6.28. The van der Waals surface area contributed by atoms with Crippen LogP contribution in [0.5, 0.6) is 0 Å². The van der Waals surface area contributed by atoms with Crippen molar-refractivity contribution in [2.75, 3.05) is 14.2 Å². The lowest BCUT2D eigenvalue weighted by atomic mass is 9.66. The topological polar surface area (TPSA) is 38.7 Å². The van der Waals surface area contributed by atoms with Gasteiger partial charge in [-0.05, 0) is 18.6 Å². The van der Waals surface area contributed by atoms with E-state index in [4.69, 9.17) is 9.47 Å². The summed E-state index contributed by atoms with van der Waals surface area (Å²) in [6.07, 6.45) is 10.8. The van der Waals surface area contributed by atoms with E-state index < -0.39 is 11.7 Å². The molecule has 0 heterocycles. The van der Waals surface area contributed by atoms with Crippen LogP contribution in [0.15, 0.2) is 24.0 Å². The molecular weight excluding hydrogens is 252 g/mol. The van der Waals surface area contributed by atoms with Gasteiger partial charge in [0.2, 0.25) is 0 Å². The van der Waals surface area contributed by atoms with Crippen molar-refractivity contribution in [2.45, 2.75) is 64.6 Å². The summed E-state index contributed by atoms with van der Waals surface area (Å²) in [5, 5.41) is 10.6. The van der Waals surface area contributed by atoms with E-state index in [0.29, 0.717) is 5.76 Å². The zero-order valence-corrected chi connectivity index (χ0v) is 13.6. The molecule has 1 aliphatic rings. The summed E-state index contributed by atoms with van der Waals surface area (Å²) in [7, 11) is 3.25. The van der Waals surface area contributed by atoms with Crippen LogP contribution in [0.4, 0.5) is 0 Å². The normalized spacial score (nSPS) is 26.5. The molecule has 0 spiro atoms. The van der Waals surface area contributed by atoms with Gasteiger partial charge in [0.05, 0.1) is 7.11 Å². The molecule has 3 heteroatoms. The molecule has 1 N–H and O–H groups in total. The first kappa shape index (κ1) is 17.3.